The zero-order valence-corrected chi connectivity index (χ0v) is 18.1. The van der Waals surface area contributed by atoms with Crippen molar-refractivity contribution < 1.29 is 14.5 Å². The fourth-order valence-electron chi connectivity index (χ4n) is 3.87. The maximum atomic E-state index is 13.3. The number of nitro groups is 1. The normalized spacial score (nSPS) is 17.4. The van der Waals surface area contributed by atoms with Crippen molar-refractivity contribution in [2.24, 2.45) is 0 Å². The molecule has 2 aromatic carbocycles. The summed E-state index contributed by atoms with van der Waals surface area (Å²) in [4.78, 5) is 28.6. The minimum Gasteiger partial charge on any atom is -0.378 e. The smallest absolute Gasteiger partial charge is 0.270 e. The summed E-state index contributed by atoms with van der Waals surface area (Å²) in [6, 6.07) is 12.2. The highest BCUT2D eigenvalue weighted by Gasteiger charge is 2.23. The lowest BCUT2D eigenvalue weighted by atomic mass is 10.1. The maximum Gasteiger partial charge on any atom is 0.270 e. The Hall–Kier alpha value is -2.62. The van der Waals surface area contributed by atoms with Gasteiger partial charge in [-0.15, -0.1) is 0 Å². The van der Waals surface area contributed by atoms with Crippen molar-refractivity contribution in [2.45, 2.75) is 6.54 Å². The van der Waals surface area contributed by atoms with Crippen LogP contribution in [0, 0.1) is 10.1 Å². The number of carbonyl (C=O) groups excluding carboxylic acids is 1. The number of anilines is 2. The number of nitrogens with zero attached hydrogens (tertiary/aromatic N) is 3. The van der Waals surface area contributed by atoms with Crippen LogP contribution in [0.3, 0.4) is 0 Å². The molecule has 8 nitrogen and oxygen atoms in total. The summed E-state index contributed by atoms with van der Waals surface area (Å²) in [6.07, 6.45) is 0. The highest BCUT2D eigenvalue weighted by atomic mass is 32.2. The topological polar surface area (TPSA) is 88.0 Å². The number of non-ortho nitro benzene ring substituents is 1. The number of nitro benzene ring substituents is 1. The quantitative estimate of drug-likeness (QED) is 0.543. The second kappa shape index (κ2) is 10.1. The Kier molecular flexibility index (Phi) is 7.06. The van der Waals surface area contributed by atoms with E-state index in [1.807, 2.05) is 40.9 Å². The van der Waals surface area contributed by atoms with Crippen LogP contribution >= 0.6 is 11.8 Å². The summed E-state index contributed by atoms with van der Waals surface area (Å²) in [7, 11) is 0. The third kappa shape index (κ3) is 5.36. The van der Waals surface area contributed by atoms with E-state index in [-0.39, 0.29) is 11.6 Å². The molecule has 2 aliphatic heterocycles. The van der Waals surface area contributed by atoms with Crippen molar-refractivity contribution in [3.8, 4) is 0 Å². The Balaban J connectivity index is 1.59. The predicted octanol–water partition coefficient (Wildman–Crippen LogP) is 3.23. The van der Waals surface area contributed by atoms with E-state index in [2.05, 4.69) is 10.2 Å². The molecule has 0 saturated carbocycles. The van der Waals surface area contributed by atoms with Gasteiger partial charge in [0.15, 0.2) is 0 Å². The number of rotatable bonds is 6. The van der Waals surface area contributed by atoms with Crippen LogP contribution in [0.25, 0.3) is 0 Å². The van der Waals surface area contributed by atoms with Crippen molar-refractivity contribution in [3.05, 3.63) is 63.7 Å². The summed E-state index contributed by atoms with van der Waals surface area (Å²) in [5.74, 6) is 1.89. The Morgan fingerprint density at radius 1 is 1.10 bits per heavy atom. The van der Waals surface area contributed by atoms with Gasteiger partial charge < -0.3 is 15.0 Å². The van der Waals surface area contributed by atoms with Gasteiger partial charge in [-0.2, -0.15) is 11.8 Å². The number of amides is 1. The molecular formula is C22H26N4O4S. The number of ether oxygens (including phenoxy) is 1. The molecule has 2 fully saturated rings. The Morgan fingerprint density at radius 2 is 1.84 bits per heavy atom. The average Bonchev–Trinajstić information content (AvgIpc) is 2.81. The monoisotopic (exact) mass is 442 g/mol. The van der Waals surface area contributed by atoms with Gasteiger partial charge in [-0.3, -0.25) is 19.8 Å². The first-order valence-electron chi connectivity index (χ1n) is 10.4. The Bertz CT molecular complexity index is 943. The Morgan fingerprint density at radius 3 is 2.58 bits per heavy atom. The van der Waals surface area contributed by atoms with Gasteiger partial charge in [0.25, 0.3) is 11.6 Å². The molecule has 2 aliphatic rings. The molecule has 0 atom stereocenters. The fourth-order valence-corrected chi connectivity index (χ4v) is 4.85. The van der Waals surface area contributed by atoms with Crippen LogP contribution in [0.15, 0.2) is 42.5 Å². The number of benzene rings is 2. The van der Waals surface area contributed by atoms with E-state index in [9.17, 15) is 14.9 Å². The van der Waals surface area contributed by atoms with Crippen LogP contribution in [-0.4, -0.2) is 66.6 Å². The molecule has 1 amide bonds. The van der Waals surface area contributed by atoms with Crippen LogP contribution in [0.1, 0.15) is 15.9 Å². The Labute approximate surface area is 185 Å². The standard InChI is InChI=1S/C22H26N4O4S/c27-22(23-20-4-2-1-3-17(20)16-24-9-13-31-14-10-24)19-15-18(26(28)29)5-6-21(19)25-7-11-30-12-8-25/h1-6,15H,7-14,16H2,(H,23,27). The van der Waals surface area contributed by atoms with Gasteiger partial charge in [0.05, 0.1) is 29.4 Å². The van der Waals surface area contributed by atoms with Gasteiger partial charge in [-0.05, 0) is 17.7 Å². The number of hydrogen-bond donors (Lipinski definition) is 1. The molecule has 0 bridgehead atoms. The van der Waals surface area contributed by atoms with Gasteiger partial charge in [0.1, 0.15) is 0 Å². The number of carbonyl (C=O) groups is 1. The van der Waals surface area contributed by atoms with Gasteiger partial charge in [0, 0.05) is 62.0 Å². The summed E-state index contributed by atoms with van der Waals surface area (Å²) < 4.78 is 5.41. The van der Waals surface area contributed by atoms with E-state index in [0.29, 0.717) is 37.6 Å². The molecular weight excluding hydrogens is 416 g/mol. The van der Waals surface area contributed by atoms with Crippen molar-refractivity contribution in [3.63, 3.8) is 0 Å². The van der Waals surface area contributed by atoms with Crippen molar-refractivity contribution in [2.75, 3.05) is 61.1 Å². The van der Waals surface area contributed by atoms with Crippen LogP contribution in [0.4, 0.5) is 17.1 Å². The molecule has 31 heavy (non-hydrogen) atoms. The molecule has 1 N–H and O–H groups in total. The molecule has 9 heteroatoms. The van der Waals surface area contributed by atoms with Crippen molar-refractivity contribution >= 4 is 34.7 Å². The van der Waals surface area contributed by atoms with E-state index >= 15 is 0 Å². The summed E-state index contributed by atoms with van der Waals surface area (Å²) >= 11 is 1.96. The van der Waals surface area contributed by atoms with E-state index in [0.717, 1.165) is 42.4 Å². The molecule has 2 aromatic rings. The lowest BCUT2D eigenvalue weighted by Gasteiger charge is -2.30. The summed E-state index contributed by atoms with van der Waals surface area (Å²) in [6.45, 7) is 5.23. The molecule has 0 aliphatic carbocycles. The first kappa shape index (κ1) is 21.6. The zero-order valence-electron chi connectivity index (χ0n) is 17.3. The number of thioether (sulfide) groups is 1. The van der Waals surface area contributed by atoms with Gasteiger partial charge >= 0.3 is 0 Å². The number of hydrogen-bond acceptors (Lipinski definition) is 7. The summed E-state index contributed by atoms with van der Waals surface area (Å²) in [5.41, 5.74) is 2.68. The van der Waals surface area contributed by atoms with Crippen LogP contribution in [0.5, 0.6) is 0 Å². The van der Waals surface area contributed by atoms with E-state index in [1.54, 1.807) is 6.07 Å². The van der Waals surface area contributed by atoms with E-state index in [4.69, 9.17) is 4.74 Å². The van der Waals surface area contributed by atoms with Gasteiger partial charge in [-0.1, -0.05) is 18.2 Å². The van der Waals surface area contributed by atoms with Crippen LogP contribution in [0.2, 0.25) is 0 Å². The maximum absolute atomic E-state index is 13.3. The van der Waals surface area contributed by atoms with Crippen LogP contribution in [-0.2, 0) is 11.3 Å². The predicted molar refractivity (Wildman–Crippen MR) is 123 cm³/mol. The molecule has 0 unspecified atom stereocenters. The van der Waals surface area contributed by atoms with Crippen molar-refractivity contribution in [1.29, 1.82) is 0 Å². The SMILES string of the molecule is O=C(Nc1ccccc1CN1CCSCC1)c1cc([N+](=O)[O-])ccc1N1CCOCC1. The molecule has 2 heterocycles. The highest BCUT2D eigenvalue weighted by Crippen LogP contribution is 2.28. The van der Waals surface area contributed by atoms with Gasteiger partial charge in [-0.25, -0.2) is 0 Å². The van der Waals surface area contributed by atoms with E-state index < -0.39 is 4.92 Å². The minimum absolute atomic E-state index is 0.0961. The third-order valence-electron chi connectivity index (χ3n) is 5.55. The lowest BCUT2D eigenvalue weighted by Crippen LogP contribution is -2.37. The fraction of sp³-hybridized carbons (Fsp3) is 0.409. The van der Waals surface area contributed by atoms with E-state index in [1.165, 1.54) is 12.1 Å². The number of para-hydroxylation sites is 1. The number of morpholine rings is 1. The number of nitrogens with one attached hydrogen (secondary N) is 1. The largest absolute Gasteiger partial charge is 0.378 e. The zero-order chi connectivity index (χ0) is 21.6. The second-order valence-corrected chi connectivity index (χ2v) is 8.78. The summed E-state index contributed by atoms with van der Waals surface area (Å²) in [5, 5.41) is 14.3. The molecule has 2 saturated heterocycles. The minimum atomic E-state index is -0.470. The molecule has 4 rings (SSSR count). The molecule has 0 spiro atoms. The van der Waals surface area contributed by atoms with Gasteiger partial charge in [0.2, 0.25) is 0 Å². The molecule has 0 radical (unpaired) electrons. The molecule has 0 aromatic heterocycles. The first-order chi connectivity index (χ1) is 15.1. The van der Waals surface area contributed by atoms with Crippen LogP contribution < -0.4 is 10.2 Å². The lowest BCUT2D eigenvalue weighted by molar-refractivity contribution is -0.384. The highest BCUT2D eigenvalue weighted by molar-refractivity contribution is 7.99. The first-order valence-corrected chi connectivity index (χ1v) is 11.6. The average molecular weight is 443 g/mol. The molecule has 164 valence electrons. The second-order valence-electron chi connectivity index (χ2n) is 7.56. The van der Waals surface area contributed by atoms with Crippen molar-refractivity contribution in [1.82, 2.24) is 4.90 Å². The third-order valence-corrected chi connectivity index (χ3v) is 6.49.